The average molecular weight is 359 g/mol. The third-order valence-electron chi connectivity index (χ3n) is 4.59. The maximum atomic E-state index is 12.7. The topological polar surface area (TPSA) is 61.4 Å². The number of nitrogens with one attached hydrogen (secondary N) is 1. The molecule has 0 radical (unpaired) electrons. The van der Waals surface area contributed by atoms with Crippen molar-refractivity contribution in [2.45, 2.75) is 18.9 Å². The molecule has 2 unspecified atom stereocenters. The first kappa shape index (κ1) is 17.8. The van der Waals surface area contributed by atoms with Crippen molar-refractivity contribution in [1.82, 2.24) is 20.2 Å². The SMILES string of the molecule is CN(C)C(CNC(=O)C1CCCN(c2ncccn2)C1)c1cccs1. The second kappa shape index (κ2) is 8.40. The van der Waals surface area contributed by atoms with Gasteiger partial charge >= 0.3 is 0 Å². The Morgan fingerprint density at radius 2 is 2.20 bits per heavy atom. The molecular weight excluding hydrogens is 334 g/mol. The molecule has 134 valence electrons. The van der Waals surface area contributed by atoms with Gasteiger partial charge in [0.2, 0.25) is 11.9 Å². The van der Waals surface area contributed by atoms with Gasteiger partial charge in [0, 0.05) is 36.9 Å². The molecular formula is C18H25N5OS. The Bertz CT molecular complexity index is 661. The Hall–Kier alpha value is -1.99. The Morgan fingerprint density at radius 3 is 2.88 bits per heavy atom. The summed E-state index contributed by atoms with van der Waals surface area (Å²) in [4.78, 5) is 26.8. The van der Waals surface area contributed by atoms with Crippen LogP contribution in [0.25, 0.3) is 0 Å². The number of aromatic nitrogens is 2. The van der Waals surface area contributed by atoms with Crippen LogP contribution in [-0.4, -0.2) is 54.5 Å². The number of thiophene rings is 1. The van der Waals surface area contributed by atoms with Crippen molar-refractivity contribution in [1.29, 1.82) is 0 Å². The predicted molar refractivity (Wildman–Crippen MR) is 101 cm³/mol. The Labute approximate surface area is 152 Å². The van der Waals surface area contributed by atoms with Gasteiger partial charge in [-0.05, 0) is 44.4 Å². The molecule has 1 aliphatic heterocycles. The van der Waals surface area contributed by atoms with Gasteiger partial charge in [-0.2, -0.15) is 0 Å². The van der Waals surface area contributed by atoms with Crippen molar-refractivity contribution in [3.05, 3.63) is 40.8 Å². The highest BCUT2D eigenvalue weighted by molar-refractivity contribution is 7.10. The molecule has 1 fully saturated rings. The quantitative estimate of drug-likeness (QED) is 0.856. The number of nitrogens with zero attached hydrogens (tertiary/aromatic N) is 4. The summed E-state index contributed by atoms with van der Waals surface area (Å²) in [5.74, 6) is 0.831. The second-order valence-electron chi connectivity index (χ2n) is 6.57. The van der Waals surface area contributed by atoms with Crippen molar-refractivity contribution in [3.63, 3.8) is 0 Å². The molecule has 25 heavy (non-hydrogen) atoms. The van der Waals surface area contributed by atoms with Gasteiger partial charge in [-0.15, -0.1) is 11.3 Å². The van der Waals surface area contributed by atoms with Crippen LogP contribution in [-0.2, 0) is 4.79 Å². The fourth-order valence-electron chi connectivity index (χ4n) is 3.19. The highest BCUT2D eigenvalue weighted by atomic mass is 32.1. The summed E-state index contributed by atoms with van der Waals surface area (Å²) < 4.78 is 0. The largest absolute Gasteiger partial charge is 0.354 e. The van der Waals surface area contributed by atoms with Gasteiger partial charge in [0.05, 0.1) is 12.0 Å². The van der Waals surface area contributed by atoms with E-state index in [0.717, 1.165) is 19.4 Å². The van der Waals surface area contributed by atoms with Crippen LogP contribution in [0.5, 0.6) is 0 Å². The minimum Gasteiger partial charge on any atom is -0.354 e. The molecule has 1 saturated heterocycles. The highest BCUT2D eigenvalue weighted by Crippen LogP contribution is 2.23. The highest BCUT2D eigenvalue weighted by Gasteiger charge is 2.27. The Morgan fingerprint density at radius 1 is 1.40 bits per heavy atom. The first-order valence-corrected chi connectivity index (χ1v) is 9.52. The summed E-state index contributed by atoms with van der Waals surface area (Å²) >= 11 is 1.73. The molecule has 3 heterocycles. The van der Waals surface area contributed by atoms with Gasteiger partial charge in [0.1, 0.15) is 0 Å². The summed E-state index contributed by atoms with van der Waals surface area (Å²) in [7, 11) is 4.09. The van der Waals surface area contributed by atoms with Gasteiger partial charge in [-0.3, -0.25) is 4.79 Å². The van der Waals surface area contributed by atoms with Crippen molar-refractivity contribution >= 4 is 23.2 Å². The number of amides is 1. The normalized spacial score (nSPS) is 19.0. The molecule has 1 N–H and O–H groups in total. The fraction of sp³-hybridized carbons (Fsp3) is 0.500. The molecule has 2 aromatic heterocycles. The van der Waals surface area contributed by atoms with E-state index in [2.05, 4.69) is 42.6 Å². The van der Waals surface area contributed by atoms with E-state index in [1.807, 2.05) is 20.2 Å². The summed E-state index contributed by atoms with van der Waals surface area (Å²) in [5.41, 5.74) is 0. The summed E-state index contributed by atoms with van der Waals surface area (Å²) in [6, 6.07) is 6.19. The zero-order chi connectivity index (χ0) is 17.6. The van der Waals surface area contributed by atoms with E-state index in [0.29, 0.717) is 19.0 Å². The number of likely N-dealkylation sites (N-methyl/N-ethyl adjacent to an activating group) is 1. The lowest BCUT2D eigenvalue weighted by Gasteiger charge is -2.32. The zero-order valence-corrected chi connectivity index (χ0v) is 15.6. The number of rotatable bonds is 6. The average Bonchev–Trinajstić information content (AvgIpc) is 3.16. The monoisotopic (exact) mass is 359 g/mol. The van der Waals surface area contributed by atoms with E-state index < -0.39 is 0 Å². The molecule has 0 saturated carbocycles. The summed E-state index contributed by atoms with van der Waals surface area (Å²) in [6.45, 7) is 2.22. The van der Waals surface area contributed by atoms with Gasteiger partial charge < -0.3 is 15.1 Å². The van der Waals surface area contributed by atoms with Crippen LogP contribution in [0.15, 0.2) is 36.0 Å². The van der Waals surface area contributed by atoms with E-state index in [1.165, 1.54) is 4.88 Å². The standard InChI is InChI=1S/C18H25N5OS/c1-22(2)15(16-7-4-11-25-16)12-21-17(24)14-6-3-10-23(13-14)18-19-8-5-9-20-18/h4-5,7-9,11,14-15H,3,6,10,12-13H2,1-2H3,(H,21,24). The minimum absolute atomic E-state index is 0.0105. The molecule has 3 rings (SSSR count). The molecule has 1 amide bonds. The summed E-state index contributed by atoms with van der Waals surface area (Å²) in [5, 5.41) is 5.23. The summed E-state index contributed by atoms with van der Waals surface area (Å²) in [6.07, 6.45) is 5.39. The first-order chi connectivity index (χ1) is 12.1. The van der Waals surface area contributed by atoms with Crippen molar-refractivity contribution in [2.24, 2.45) is 5.92 Å². The third-order valence-corrected chi connectivity index (χ3v) is 5.57. The zero-order valence-electron chi connectivity index (χ0n) is 14.8. The van der Waals surface area contributed by atoms with Crippen molar-refractivity contribution < 1.29 is 4.79 Å². The lowest BCUT2D eigenvalue weighted by atomic mass is 9.97. The Kier molecular flexibility index (Phi) is 5.99. The molecule has 6 nitrogen and oxygen atoms in total. The number of hydrogen-bond donors (Lipinski definition) is 1. The van der Waals surface area contributed by atoms with Gasteiger partial charge in [-0.1, -0.05) is 6.07 Å². The lowest BCUT2D eigenvalue weighted by molar-refractivity contribution is -0.125. The molecule has 0 aliphatic carbocycles. The van der Waals surface area contributed by atoms with Crippen LogP contribution >= 0.6 is 11.3 Å². The van der Waals surface area contributed by atoms with Crippen molar-refractivity contribution in [3.8, 4) is 0 Å². The molecule has 7 heteroatoms. The number of anilines is 1. The molecule has 0 aromatic carbocycles. The molecule has 1 aliphatic rings. The third kappa shape index (κ3) is 4.55. The number of carbonyl (C=O) groups is 1. The van der Waals surface area contributed by atoms with E-state index >= 15 is 0 Å². The molecule has 0 spiro atoms. The number of piperidine rings is 1. The Balaban J connectivity index is 1.57. The van der Waals surface area contributed by atoms with Gasteiger partial charge in [0.25, 0.3) is 0 Å². The maximum Gasteiger partial charge on any atom is 0.225 e. The van der Waals surface area contributed by atoms with E-state index in [9.17, 15) is 4.79 Å². The van der Waals surface area contributed by atoms with Crippen LogP contribution in [0.4, 0.5) is 5.95 Å². The van der Waals surface area contributed by atoms with E-state index in [4.69, 9.17) is 0 Å². The van der Waals surface area contributed by atoms with Crippen LogP contribution in [0.1, 0.15) is 23.8 Å². The van der Waals surface area contributed by atoms with Crippen molar-refractivity contribution in [2.75, 3.05) is 38.6 Å². The predicted octanol–water partition coefficient (Wildman–Crippen LogP) is 2.17. The van der Waals surface area contributed by atoms with Crippen LogP contribution in [0.3, 0.4) is 0 Å². The first-order valence-electron chi connectivity index (χ1n) is 8.64. The molecule has 0 bridgehead atoms. The maximum absolute atomic E-state index is 12.7. The van der Waals surface area contributed by atoms with Crippen LogP contribution in [0, 0.1) is 5.92 Å². The minimum atomic E-state index is -0.0105. The number of carbonyl (C=O) groups excluding carboxylic acids is 1. The van der Waals surface area contributed by atoms with E-state index in [-0.39, 0.29) is 17.9 Å². The van der Waals surface area contributed by atoms with E-state index in [1.54, 1.807) is 23.7 Å². The lowest BCUT2D eigenvalue weighted by Crippen LogP contribution is -2.45. The molecule has 2 aromatic rings. The fourth-order valence-corrected chi connectivity index (χ4v) is 4.11. The smallest absolute Gasteiger partial charge is 0.225 e. The van der Waals surface area contributed by atoms with Gasteiger partial charge in [0.15, 0.2) is 0 Å². The molecule has 2 atom stereocenters. The van der Waals surface area contributed by atoms with Gasteiger partial charge in [-0.25, -0.2) is 9.97 Å². The van der Waals surface area contributed by atoms with Crippen LogP contribution < -0.4 is 10.2 Å². The number of hydrogen-bond acceptors (Lipinski definition) is 6. The van der Waals surface area contributed by atoms with Crippen LogP contribution in [0.2, 0.25) is 0 Å². The second-order valence-corrected chi connectivity index (χ2v) is 7.55.